The molecule has 3 heterocycles. The SMILES string of the molecule is CC(c1c(-c2ccc(Cl)cc2)nc2ccc(-c3ccc(C#N)cc3)cn12)N1CCCN(C)CC1. The molecule has 5 nitrogen and oxygen atoms in total. The maximum Gasteiger partial charge on any atom is 0.137 e. The van der Waals surface area contributed by atoms with Crippen molar-refractivity contribution in [3.05, 3.63) is 83.1 Å². The molecule has 1 unspecified atom stereocenters. The van der Waals surface area contributed by atoms with Crippen LogP contribution >= 0.6 is 11.6 Å². The molecule has 0 radical (unpaired) electrons. The molecular formula is C28H28ClN5. The van der Waals surface area contributed by atoms with Crippen molar-refractivity contribution in [2.45, 2.75) is 19.4 Å². The van der Waals surface area contributed by atoms with Gasteiger partial charge in [-0.2, -0.15) is 5.26 Å². The van der Waals surface area contributed by atoms with E-state index in [-0.39, 0.29) is 6.04 Å². The average molecular weight is 470 g/mol. The Bertz CT molecular complexity index is 1330. The standard InChI is InChI=1S/C28H28ClN5/c1-20(33-15-3-14-32(2)16-17-33)28-27(23-8-11-25(29)12-9-23)31-26-13-10-24(19-34(26)28)22-6-4-21(18-30)5-7-22/h4-13,19-20H,3,14-17H2,1-2H3. The van der Waals surface area contributed by atoms with Gasteiger partial charge in [0.05, 0.1) is 23.0 Å². The van der Waals surface area contributed by atoms with Crippen LogP contribution in [0.5, 0.6) is 0 Å². The first-order valence-corrected chi connectivity index (χ1v) is 12.1. The molecule has 1 saturated heterocycles. The summed E-state index contributed by atoms with van der Waals surface area (Å²) in [7, 11) is 2.20. The van der Waals surface area contributed by atoms with E-state index in [4.69, 9.17) is 21.8 Å². The number of rotatable bonds is 4. The van der Waals surface area contributed by atoms with Crippen LogP contribution in [0.15, 0.2) is 66.9 Å². The molecule has 1 aliphatic rings. The summed E-state index contributed by atoms with van der Waals surface area (Å²) in [6, 6.07) is 22.3. The Morgan fingerprint density at radius 3 is 2.32 bits per heavy atom. The summed E-state index contributed by atoms with van der Waals surface area (Å²) in [5.74, 6) is 0. The first kappa shape index (κ1) is 22.6. The fourth-order valence-electron chi connectivity index (χ4n) is 4.82. The van der Waals surface area contributed by atoms with Gasteiger partial charge in [0.2, 0.25) is 0 Å². The van der Waals surface area contributed by atoms with Crippen molar-refractivity contribution in [3.63, 3.8) is 0 Å². The van der Waals surface area contributed by atoms with Crippen LogP contribution in [-0.4, -0.2) is 52.4 Å². The summed E-state index contributed by atoms with van der Waals surface area (Å²) in [5.41, 5.74) is 7.03. The Balaban J connectivity index is 1.64. The van der Waals surface area contributed by atoms with Crippen LogP contribution in [-0.2, 0) is 0 Å². The van der Waals surface area contributed by atoms with Gasteiger partial charge in [0.25, 0.3) is 0 Å². The third-order valence-corrected chi connectivity index (χ3v) is 7.07. The summed E-state index contributed by atoms with van der Waals surface area (Å²) in [6.07, 6.45) is 3.34. The fraction of sp³-hybridized carbons (Fsp3) is 0.286. The van der Waals surface area contributed by atoms with Crippen molar-refractivity contribution >= 4 is 17.2 Å². The highest BCUT2D eigenvalue weighted by molar-refractivity contribution is 6.30. The second kappa shape index (κ2) is 9.60. The topological polar surface area (TPSA) is 47.6 Å². The second-order valence-electron chi connectivity index (χ2n) is 9.06. The van der Waals surface area contributed by atoms with Crippen molar-refractivity contribution < 1.29 is 0 Å². The molecule has 6 heteroatoms. The van der Waals surface area contributed by atoms with Crippen molar-refractivity contribution in [2.75, 3.05) is 33.2 Å². The molecule has 0 amide bonds. The van der Waals surface area contributed by atoms with E-state index in [0.717, 1.165) is 65.7 Å². The van der Waals surface area contributed by atoms with Gasteiger partial charge in [0, 0.05) is 42.5 Å². The molecule has 0 bridgehead atoms. The molecule has 0 saturated carbocycles. The summed E-state index contributed by atoms with van der Waals surface area (Å²) < 4.78 is 2.25. The van der Waals surface area contributed by atoms with Crippen molar-refractivity contribution in [1.82, 2.24) is 19.2 Å². The number of pyridine rings is 1. The summed E-state index contributed by atoms with van der Waals surface area (Å²) in [4.78, 5) is 10.0. The number of likely N-dealkylation sites (N-methyl/N-ethyl adjacent to an activating group) is 1. The number of hydrogen-bond donors (Lipinski definition) is 0. The van der Waals surface area contributed by atoms with Crippen LogP contribution in [0, 0.1) is 11.3 Å². The number of aromatic nitrogens is 2. The molecule has 1 aliphatic heterocycles. The zero-order valence-corrected chi connectivity index (χ0v) is 20.3. The van der Waals surface area contributed by atoms with E-state index < -0.39 is 0 Å². The lowest BCUT2D eigenvalue weighted by Gasteiger charge is -2.28. The van der Waals surface area contributed by atoms with E-state index in [2.05, 4.69) is 64.7 Å². The number of imidazole rings is 1. The minimum atomic E-state index is 0.198. The molecule has 1 fully saturated rings. The van der Waals surface area contributed by atoms with E-state index in [1.807, 2.05) is 36.4 Å². The van der Waals surface area contributed by atoms with Crippen LogP contribution in [0.2, 0.25) is 5.02 Å². The van der Waals surface area contributed by atoms with E-state index in [0.29, 0.717) is 5.56 Å². The smallest absolute Gasteiger partial charge is 0.137 e. The van der Waals surface area contributed by atoms with Gasteiger partial charge in [-0.15, -0.1) is 0 Å². The number of hydrogen-bond acceptors (Lipinski definition) is 4. The van der Waals surface area contributed by atoms with Crippen LogP contribution in [0.4, 0.5) is 0 Å². The van der Waals surface area contributed by atoms with E-state index >= 15 is 0 Å². The third kappa shape index (κ3) is 4.45. The number of benzene rings is 2. The van der Waals surface area contributed by atoms with Crippen LogP contribution in [0.3, 0.4) is 0 Å². The summed E-state index contributed by atoms with van der Waals surface area (Å²) in [6.45, 7) is 6.58. The second-order valence-corrected chi connectivity index (χ2v) is 9.49. The van der Waals surface area contributed by atoms with E-state index in [1.165, 1.54) is 5.69 Å². The summed E-state index contributed by atoms with van der Waals surface area (Å²) >= 11 is 6.19. The van der Waals surface area contributed by atoms with Gasteiger partial charge >= 0.3 is 0 Å². The molecule has 1 atom stereocenters. The van der Waals surface area contributed by atoms with Crippen molar-refractivity contribution in [3.8, 4) is 28.5 Å². The van der Waals surface area contributed by atoms with Gasteiger partial charge in [-0.3, -0.25) is 4.90 Å². The lowest BCUT2D eigenvalue weighted by atomic mass is 10.0. The molecule has 34 heavy (non-hydrogen) atoms. The van der Waals surface area contributed by atoms with Gasteiger partial charge in [-0.05, 0) is 74.5 Å². The zero-order valence-electron chi connectivity index (χ0n) is 19.6. The van der Waals surface area contributed by atoms with E-state index in [9.17, 15) is 0 Å². The highest BCUT2D eigenvalue weighted by Gasteiger charge is 2.26. The van der Waals surface area contributed by atoms with Crippen LogP contribution in [0.1, 0.15) is 30.6 Å². The Kier molecular flexibility index (Phi) is 6.38. The average Bonchev–Trinajstić information content (AvgIpc) is 3.10. The lowest BCUT2D eigenvalue weighted by molar-refractivity contribution is 0.213. The van der Waals surface area contributed by atoms with Gasteiger partial charge < -0.3 is 9.30 Å². The lowest BCUT2D eigenvalue weighted by Crippen LogP contribution is -2.32. The Labute approximate surface area is 205 Å². The minimum absolute atomic E-state index is 0.198. The number of nitrogens with zero attached hydrogens (tertiary/aromatic N) is 5. The Morgan fingerprint density at radius 1 is 0.882 bits per heavy atom. The van der Waals surface area contributed by atoms with Gasteiger partial charge in [-0.25, -0.2) is 4.98 Å². The quantitative estimate of drug-likeness (QED) is 0.373. The predicted octanol–water partition coefficient (Wildman–Crippen LogP) is 5.89. The number of nitriles is 1. The maximum atomic E-state index is 9.15. The molecule has 5 rings (SSSR count). The van der Waals surface area contributed by atoms with E-state index in [1.54, 1.807) is 0 Å². The molecule has 172 valence electrons. The van der Waals surface area contributed by atoms with Gasteiger partial charge in [-0.1, -0.05) is 35.9 Å². The molecular weight excluding hydrogens is 442 g/mol. The first-order chi connectivity index (χ1) is 16.5. The molecule has 0 N–H and O–H groups in total. The van der Waals surface area contributed by atoms with Crippen LogP contribution in [0.25, 0.3) is 28.0 Å². The molecule has 0 aliphatic carbocycles. The Hall–Kier alpha value is -3.17. The Morgan fingerprint density at radius 2 is 1.59 bits per heavy atom. The van der Waals surface area contributed by atoms with Crippen LogP contribution < -0.4 is 0 Å². The highest BCUT2D eigenvalue weighted by atomic mass is 35.5. The minimum Gasteiger partial charge on any atom is -0.305 e. The molecule has 2 aromatic heterocycles. The predicted molar refractivity (Wildman–Crippen MR) is 138 cm³/mol. The fourth-order valence-corrected chi connectivity index (χ4v) is 4.94. The molecule has 0 spiro atoms. The molecule has 4 aromatic rings. The normalized spacial score (nSPS) is 16.3. The highest BCUT2D eigenvalue weighted by Crippen LogP contribution is 2.34. The molecule has 2 aromatic carbocycles. The largest absolute Gasteiger partial charge is 0.305 e. The van der Waals surface area contributed by atoms with Gasteiger partial charge in [0.15, 0.2) is 0 Å². The number of fused-ring (bicyclic) bond motifs is 1. The van der Waals surface area contributed by atoms with Crippen molar-refractivity contribution in [2.24, 2.45) is 0 Å². The summed E-state index contributed by atoms with van der Waals surface area (Å²) in [5, 5.41) is 9.87. The first-order valence-electron chi connectivity index (χ1n) is 11.7. The number of halogens is 1. The zero-order chi connectivity index (χ0) is 23.7. The maximum absolute atomic E-state index is 9.15. The monoisotopic (exact) mass is 469 g/mol. The third-order valence-electron chi connectivity index (χ3n) is 6.82. The van der Waals surface area contributed by atoms with Gasteiger partial charge in [0.1, 0.15) is 5.65 Å². The van der Waals surface area contributed by atoms with Crippen molar-refractivity contribution in [1.29, 1.82) is 5.26 Å².